The second-order valence-corrected chi connectivity index (χ2v) is 8.99. The van der Waals surface area contributed by atoms with E-state index in [1.165, 1.54) is 11.8 Å². The minimum Gasteiger partial charge on any atom is -0.497 e. The quantitative estimate of drug-likeness (QED) is 0.303. The van der Waals surface area contributed by atoms with Crippen LogP contribution in [0.2, 0.25) is 5.02 Å². The van der Waals surface area contributed by atoms with E-state index >= 15 is 0 Å². The van der Waals surface area contributed by atoms with E-state index in [0.29, 0.717) is 35.1 Å². The zero-order chi connectivity index (χ0) is 23.9. The van der Waals surface area contributed by atoms with Crippen molar-refractivity contribution in [1.82, 2.24) is 9.88 Å². The summed E-state index contributed by atoms with van der Waals surface area (Å²) in [6.45, 7) is 1.09. The topological polar surface area (TPSA) is 72.4 Å². The number of ether oxygens (including phenoxy) is 1. The Morgan fingerprint density at radius 1 is 1.00 bits per heavy atom. The summed E-state index contributed by atoms with van der Waals surface area (Å²) in [6.07, 6.45) is 2.03. The third-order valence-electron chi connectivity index (χ3n) is 5.23. The van der Waals surface area contributed by atoms with E-state index in [-0.39, 0.29) is 17.6 Å². The first-order valence-corrected chi connectivity index (χ1v) is 12.1. The Balaban J connectivity index is 1.36. The maximum absolute atomic E-state index is 12.4. The molecule has 0 aliphatic heterocycles. The van der Waals surface area contributed by atoms with Crippen LogP contribution in [-0.4, -0.2) is 35.8 Å². The average molecular weight is 494 g/mol. The maximum Gasteiger partial charge on any atom is 0.251 e. The fourth-order valence-electron chi connectivity index (χ4n) is 3.52. The molecule has 8 heteroatoms. The van der Waals surface area contributed by atoms with Crippen molar-refractivity contribution in [2.75, 3.05) is 24.7 Å². The van der Waals surface area contributed by atoms with Crippen LogP contribution >= 0.6 is 23.4 Å². The number of benzene rings is 3. The summed E-state index contributed by atoms with van der Waals surface area (Å²) in [7, 11) is 1.59. The van der Waals surface area contributed by atoms with Gasteiger partial charge in [0.2, 0.25) is 5.91 Å². The smallest absolute Gasteiger partial charge is 0.251 e. The number of anilines is 1. The molecular formula is C26H24ClN3O3S. The van der Waals surface area contributed by atoms with Gasteiger partial charge < -0.3 is 19.9 Å². The first-order valence-electron chi connectivity index (χ1n) is 10.7. The molecule has 0 bridgehead atoms. The van der Waals surface area contributed by atoms with Gasteiger partial charge in [-0.2, -0.15) is 0 Å². The van der Waals surface area contributed by atoms with Gasteiger partial charge in [0.1, 0.15) is 5.75 Å². The molecule has 3 aromatic carbocycles. The van der Waals surface area contributed by atoms with Crippen molar-refractivity contribution < 1.29 is 14.3 Å². The van der Waals surface area contributed by atoms with Crippen LogP contribution in [0.5, 0.6) is 5.75 Å². The molecule has 0 fully saturated rings. The SMILES string of the molecule is COc1ccc(C(=O)NCCn2cc(SCC(=O)Nc3ccc(Cl)cc3)c3ccccc32)cc1. The number of halogens is 1. The number of fused-ring (bicyclic) bond motifs is 1. The minimum absolute atomic E-state index is 0.0871. The van der Waals surface area contributed by atoms with Crippen molar-refractivity contribution in [2.45, 2.75) is 11.4 Å². The number of carbonyl (C=O) groups is 2. The molecule has 1 heterocycles. The van der Waals surface area contributed by atoms with Gasteiger partial charge in [-0.05, 0) is 54.6 Å². The Labute approximate surface area is 207 Å². The Hall–Kier alpha value is -3.42. The number of aromatic nitrogens is 1. The third-order valence-corrected chi connectivity index (χ3v) is 6.52. The summed E-state index contributed by atoms with van der Waals surface area (Å²) in [4.78, 5) is 25.9. The van der Waals surface area contributed by atoms with Gasteiger partial charge in [0.25, 0.3) is 5.91 Å². The van der Waals surface area contributed by atoms with Crippen LogP contribution in [0.4, 0.5) is 5.69 Å². The van der Waals surface area contributed by atoms with E-state index in [1.54, 1.807) is 55.6 Å². The number of nitrogens with zero attached hydrogens (tertiary/aromatic N) is 1. The molecular weight excluding hydrogens is 470 g/mol. The second kappa shape index (κ2) is 11.1. The first kappa shape index (κ1) is 23.7. The van der Waals surface area contributed by atoms with E-state index in [2.05, 4.69) is 15.2 Å². The van der Waals surface area contributed by atoms with Crippen LogP contribution in [0.15, 0.2) is 83.9 Å². The molecule has 34 heavy (non-hydrogen) atoms. The van der Waals surface area contributed by atoms with E-state index < -0.39 is 0 Å². The summed E-state index contributed by atoms with van der Waals surface area (Å²) in [6, 6.07) is 22.1. The molecule has 2 amide bonds. The average Bonchev–Trinajstić information content (AvgIpc) is 3.22. The molecule has 4 aromatic rings. The van der Waals surface area contributed by atoms with Crippen molar-refractivity contribution in [2.24, 2.45) is 0 Å². The highest BCUT2D eigenvalue weighted by Gasteiger charge is 2.12. The molecule has 0 saturated carbocycles. The fourth-order valence-corrected chi connectivity index (χ4v) is 4.54. The standard InChI is InChI=1S/C26H24ClN3O3S/c1-33-21-12-6-18(7-13-21)26(32)28-14-15-30-16-24(22-4-2-3-5-23(22)30)34-17-25(31)29-20-10-8-19(27)9-11-20/h2-13,16H,14-15,17H2,1H3,(H,28,32)(H,29,31). The van der Waals surface area contributed by atoms with Crippen molar-refractivity contribution in [3.8, 4) is 5.75 Å². The van der Waals surface area contributed by atoms with E-state index in [1.807, 2.05) is 30.5 Å². The lowest BCUT2D eigenvalue weighted by atomic mass is 10.2. The summed E-state index contributed by atoms with van der Waals surface area (Å²) in [5, 5.41) is 7.55. The number of rotatable bonds is 9. The normalized spacial score (nSPS) is 10.8. The van der Waals surface area contributed by atoms with Crippen LogP contribution in [0.1, 0.15) is 10.4 Å². The van der Waals surface area contributed by atoms with Gasteiger partial charge >= 0.3 is 0 Å². The predicted molar refractivity (Wildman–Crippen MR) is 138 cm³/mol. The van der Waals surface area contributed by atoms with Gasteiger partial charge in [-0.15, -0.1) is 11.8 Å². The third kappa shape index (κ3) is 5.92. The maximum atomic E-state index is 12.4. The Bertz CT molecular complexity index is 1290. The van der Waals surface area contributed by atoms with Crippen LogP contribution in [0, 0.1) is 0 Å². The number of carbonyl (C=O) groups excluding carboxylic acids is 2. The summed E-state index contributed by atoms with van der Waals surface area (Å²) in [5.74, 6) is 0.774. The molecule has 6 nitrogen and oxygen atoms in total. The molecule has 1 aromatic heterocycles. The van der Waals surface area contributed by atoms with Crippen molar-refractivity contribution in [1.29, 1.82) is 0 Å². The molecule has 0 aliphatic rings. The number of thioether (sulfide) groups is 1. The van der Waals surface area contributed by atoms with Gasteiger partial charge in [0, 0.05) is 51.4 Å². The zero-order valence-electron chi connectivity index (χ0n) is 18.6. The van der Waals surface area contributed by atoms with Crippen LogP contribution in [0.25, 0.3) is 10.9 Å². The molecule has 2 N–H and O–H groups in total. The Kier molecular flexibility index (Phi) is 7.77. The molecule has 0 saturated heterocycles. The molecule has 174 valence electrons. The van der Waals surface area contributed by atoms with E-state index in [4.69, 9.17) is 16.3 Å². The molecule has 0 atom stereocenters. The lowest BCUT2D eigenvalue weighted by Crippen LogP contribution is -2.27. The summed E-state index contributed by atoms with van der Waals surface area (Å²) >= 11 is 7.38. The monoisotopic (exact) mass is 493 g/mol. The van der Waals surface area contributed by atoms with Crippen molar-refractivity contribution in [3.63, 3.8) is 0 Å². The van der Waals surface area contributed by atoms with E-state index in [9.17, 15) is 9.59 Å². The second-order valence-electron chi connectivity index (χ2n) is 7.53. The summed E-state index contributed by atoms with van der Waals surface area (Å²) < 4.78 is 7.23. The van der Waals surface area contributed by atoms with Crippen molar-refractivity contribution >= 4 is 51.8 Å². The highest BCUT2D eigenvalue weighted by atomic mass is 35.5. The lowest BCUT2D eigenvalue weighted by molar-refractivity contribution is -0.113. The Morgan fingerprint density at radius 2 is 1.74 bits per heavy atom. The zero-order valence-corrected chi connectivity index (χ0v) is 20.2. The molecule has 0 unspecified atom stereocenters. The van der Waals surface area contributed by atoms with Gasteiger partial charge in [0.15, 0.2) is 0 Å². The molecule has 0 aliphatic carbocycles. The number of hydrogen-bond acceptors (Lipinski definition) is 4. The predicted octanol–water partition coefficient (Wildman–Crippen LogP) is 5.46. The lowest BCUT2D eigenvalue weighted by Gasteiger charge is -2.08. The number of methoxy groups -OCH3 is 1. The first-order chi connectivity index (χ1) is 16.5. The van der Waals surface area contributed by atoms with Gasteiger partial charge in [-0.25, -0.2) is 0 Å². The highest BCUT2D eigenvalue weighted by molar-refractivity contribution is 8.00. The largest absolute Gasteiger partial charge is 0.497 e. The minimum atomic E-state index is -0.132. The number of hydrogen-bond donors (Lipinski definition) is 2. The fraction of sp³-hybridized carbons (Fsp3) is 0.154. The number of amides is 2. The van der Waals surface area contributed by atoms with Gasteiger partial charge in [0.05, 0.1) is 12.9 Å². The molecule has 4 rings (SSSR count). The molecule has 0 radical (unpaired) electrons. The Morgan fingerprint density at radius 3 is 2.47 bits per heavy atom. The number of para-hydroxylation sites is 1. The number of nitrogens with one attached hydrogen (secondary N) is 2. The van der Waals surface area contributed by atoms with E-state index in [0.717, 1.165) is 15.8 Å². The van der Waals surface area contributed by atoms with Crippen LogP contribution < -0.4 is 15.4 Å². The van der Waals surface area contributed by atoms with Crippen LogP contribution in [-0.2, 0) is 11.3 Å². The van der Waals surface area contributed by atoms with Crippen molar-refractivity contribution in [3.05, 3.63) is 89.6 Å². The molecule has 0 spiro atoms. The van der Waals surface area contributed by atoms with Gasteiger partial charge in [-0.3, -0.25) is 9.59 Å². The van der Waals surface area contributed by atoms with Gasteiger partial charge in [-0.1, -0.05) is 29.8 Å². The highest BCUT2D eigenvalue weighted by Crippen LogP contribution is 2.30. The summed E-state index contributed by atoms with van der Waals surface area (Å²) in [5.41, 5.74) is 2.35. The van der Waals surface area contributed by atoms with Crippen LogP contribution in [0.3, 0.4) is 0 Å².